The summed E-state index contributed by atoms with van der Waals surface area (Å²) in [4.78, 5) is 14.2. The van der Waals surface area contributed by atoms with Crippen LogP contribution in [-0.2, 0) is 6.54 Å². The van der Waals surface area contributed by atoms with E-state index in [9.17, 15) is 0 Å². The van der Waals surface area contributed by atoms with Gasteiger partial charge in [0.2, 0.25) is 0 Å². The standard InChI is InChI=1S/C13H19N5S/c1-4-5-14-12-6-13(18-10(3)17-12)15-7-11-9(2)16-8-19-11/h6,8H,4-5,7H2,1-3H3,(H2,14,15,17,18). The second-order valence-electron chi connectivity index (χ2n) is 4.33. The summed E-state index contributed by atoms with van der Waals surface area (Å²) < 4.78 is 0. The third-order valence-corrected chi connectivity index (χ3v) is 3.60. The molecule has 0 radical (unpaired) electrons. The first kappa shape index (κ1) is 13.7. The summed E-state index contributed by atoms with van der Waals surface area (Å²) in [6.07, 6.45) is 1.08. The maximum absolute atomic E-state index is 4.39. The van der Waals surface area contributed by atoms with Gasteiger partial charge in [0.15, 0.2) is 0 Å². The highest BCUT2D eigenvalue weighted by Crippen LogP contribution is 2.16. The number of nitrogens with zero attached hydrogens (tertiary/aromatic N) is 3. The van der Waals surface area contributed by atoms with Crippen molar-refractivity contribution >= 4 is 23.0 Å². The monoisotopic (exact) mass is 277 g/mol. The first-order chi connectivity index (χ1) is 9.19. The van der Waals surface area contributed by atoms with Crippen molar-refractivity contribution in [2.75, 3.05) is 17.2 Å². The molecule has 0 spiro atoms. The summed E-state index contributed by atoms with van der Waals surface area (Å²) in [5.41, 5.74) is 2.94. The zero-order valence-corrected chi connectivity index (χ0v) is 12.3. The van der Waals surface area contributed by atoms with Crippen LogP contribution in [0.1, 0.15) is 29.7 Å². The summed E-state index contributed by atoms with van der Waals surface area (Å²) in [6, 6.07) is 1.94. The van der Waals surface area contributed by atoms with Crippen LogP contribution in [0.5, 0.6) is 0 Å². The minimum Gasteiger partial charge on any atom is -0.370 e. The second kappa shape index (κ2) is 6.47. The molecule has 2 heterocycles. The van der Waals surface area contributed by atoms with E-state index in [2.05, 4.69) is 32.5 Å². The van der Waals surface area contributed by atoms with E-state index in [4.69, 9.17) is 0 Å². The summed E-state index contributed by atoms with van der Waals surface area (Å²) >= 11 is 1.66. The lowest BCUT2D eigenvalue weighted by molar-refractivity contribution is 0.951. The fraction of sp³-hybridized carbons (Fsp3) is 0.462. The van der Waals surface area contributed by atoms with Gasteiger partial charge in [0.1, 0.15) is 17.5 Å². The summed E-state index contributed by atoms with van der Waals surface area (Å²) in [7, 11) is 0. The quantitative estimate of drug-likeness (QED) is 0.850. The molecule has 102 valence electrons. The molecular weight excluding hydrogens is 258 g/mol. The Kier molecular flexibility index (Phi) is 4.68. The number of aryl methyl sites for hydroxylation is 2. The van der Waals surface area contributed by atoms with Crippen LogP contribution >= 0.6 is 11.3 Å². The predicted octanol–water partition coefficient (Wildman–Crippen LogP) is 2.98. The van der Waals surface area contributed by atoms with Crippen LogP contribution in [0.3, 0.4) is 0 Å². The smallest absolute Gasteiger partial charge is 0.132 e. The molecule has 0 aliphatic heterocycles. The topological polar surface area (TPSA) is 62.7 Å². The van der Waals surface area contributed by atoms with Crippen molar-refractivity contribution in [2.45, 2.75) is 33.7 Å². The Labute approximate surface area is 117 Å². The maximum Gasteiger partial charge on any atom is 0.132 e. The van der Waals surface area contributed by atoms with Crippen molar-refractivity contribution in [3.8, 4) is 0 Å². The zero-order valence-electron chi connectivity index (χ0n) is 11.5. The molecule has 19 heavy (non-hydrogen) atoms. The van der Waals surface area contributed by atoms with E-state index in [0.717, 1.165) is 42.7 Å². The Morgan fingerprint density at radius 3 is 2.53 bits per heavy atom. The van der Waals surface area contributed by atoms with Crippen LogP contribution in [0.15, 0.2) is 11.6 Å². The van der Waals surface area contributed by atoms with Crippen LogP contribution in [0.4, 0.5) is 11.6 Å². The van der Waals surface area contributed by atoms with E-state index in [1.165, 1.54) is 4.88 Å². The average Bonchev–Trinajstić information content (AvgIpc) is 2.79. The second-order valence-corrected chi connectivity index (χ2v) is 5.27. The molecule has 0 unspecified atom stereocenters. The largest absolute Gasteiger partial charge is 0.370 e. The van der Waals surface area contributed by atoms with E-state index in [-0.39, 0.29) is 0 Å². The molecule has 2 aromatic rings. The van der Waals surface area contributed by atoms with Gasteiger partial charge < -0.3 is 10.6 Å². The number of hydrogen-bond acceptors (Lipinski definition) is 6. The molecule has 0 saturated carbocycles. The van der Waals surface area contributed by atoms with Gasteiger partial charge in [-0.1, -0.05) is 6.92 Å². The predicted molar refractivity (Wildman–Crippen MR) is 79.7 cm³/mol. The van der Waals surface area contributed by atoms with Gasteiger partial charge in [0.25, 0.3) is 0 Å². The number of thiazole rings is 1. The number of nitrogens with one attached hydrogen (secondary N) is 2. The summed E-state index contributed by atoms with van der Waals surface area (Å²) in [6.45, 7) is 7.73. The van der Waals surface area contributed by atoms with Crippen molar-refractivity contribution in [1.82, 2.24) is 15.0 Å². The van der Waals surface area contributed by atoms with E-state index >= 15 is 0 Å². The fourth-order valence-electron chi connectivity index (χ4n) is 1.67. The Morgan fingerprint density at radius 2 is 1.89 bits per heavy atom. The van der Waals surface area contributed by atoms with Gasteiger partial charge in [0.05, 0.1) is 17.7 Å². The maximum atomic E-state index is 4.39. The molecule has 0 bridgehead atoms. The molecule has 5 nitrogen and oxygen atoms in total. The number of hydrogen-bond donors (Lipinski definition) is 2. The Balaban J connectivity index is 2.03. The van der Waals surface area contributed by atoms with Gasteiger partial charge in [-0.3, -0.25) is 0 Å². The molecule has 6 heteroatoms. The van der Waals surface area contributed by atoms with Crippen molar-refractivity contribution in [3.05, 3.63) is 28.0 Å². The molecule has 0 aliphatic rings. The Morgan fingerprint density at radius 1 is 1.16 bits per heavy atom. The van der Waals surface area contributed by atoms with Crippen LogP contribution in [-0.4, -0.2) is 21.5 Å². The van der Waals surface area contributed by atoms with Crippen LogP contribution in [0, 0.1) is 13.8 Å². The van der Waals surface area contributed by atoms with Gasteiger partial charge in [0, 0.05) is 17.5 Å². The van der Waals surface area contributed by atoms with Gasteiger partial charge in [-0.15, -0.1) is 11.3 Å². The molecule has 2 rings (SSSR count). The molecule has 0 amide bonds. The van der Waals surface area contributed by atoms with Gasteiger partial charge in [-0.05, 0) is 20.3 Å². The third kappa shape index (κ3) is 3.89. The van der Waals surface area contributed by atoms with E-state index < -0.39 is 0 Å². The first-order valence-electron chi connectivity index (χ1n) is 6.41. The first-order valence-corrected chi connectivity index (χ1v) is 7.29. The molecule has 2 N–H and O–H groups in total. The van der Waals surface area contributed by atoms with Crippen LogP contribution in [0.25, 0.3) is 0 Å². The van der Waals surface area contributed by atoms with Crippen molar-refractivity contribution < 1.29 is 0 Å². The molecule has 2 aromatic heterocycles. The highest BCUT2D eigenvalue weighted by molar-refractivity contribution is 7.09. The lowest BCUT2D eigenvalue weighted by atomic mass is 10.4. The molecule has 0 fully saturated rings. The molecule has 0 aliphatic carbocycles. The molecule has 0 aromatic carbocycles. The number of anilines is 2. The number of rotatable bonds is 6. The SMILES string of the molecule is CCCNc1cc(NCc2scnc2C)nc(C)n1. The van der Waals surface area contributed by atoms with Crippen molar-refractivity contribution in [3.63, 3.8) is 0 Å². The van der Waals surface area contributed by atoms with E-state index in [0.29, 0.717) is 0 Å². The third-order valence-electron chi connectivity index (χ3n) is 2.67. The van der Waals surface area contributed by atoms with Crippen molar-refractivity contribution in [2.24, 2.45) is 0 Å². The van der Waals surface area contributed by atoms with Crippen LogP contribution in [0.2, 0.25) is 0 Å². The Bertz CT molecular complexity index is 538. The zero-order chi connectivity index (χ0) is 13.7. The lowest BCUT2D eigenvalue weighted by Crippen LogP contribution is -2.07. The average molecular weight is 277 g/mol. The minimum atomic E-state index is 0.750. The summed E-state index contributed by atoms with van der Waals surface area (Å²) in [5.74, 6) is 2.49. The number of aromatic nitrogens is 3. The normalized spacial score (nSPS) is 10.5. The molecule has 0 atom stereocenters. The van der Waals surface area contributed by atoms with Crippen molar-refractivity contribution in [1.29, 1.82) is 0 Å². The minimum absolute atomic E-state index is 0.750. The highest BCUT2D eigenvalue weighted by Gasteiger charge is 2.04. The fourth-order valence-corrected chi connectivity index (χ4v) is 2.39. The van der Waals surface area contributed by atoms with E-state index in [1.54, 1.807) is 11.3 Å². The van der Waals surface area contributed by atoms with E-state index in [1.807, 2.05) is 25.4 Å². The lowest BCUT2D eigenvalue weighted by Gasteiger charge is -2.09. The molecular formula is C13H19N5S. The van der Waals surface area contributed by atoms with Crippen LogP contribution < -0.4 is 10.6 Å². The molecule has 0 saturated heterocycles. The Hall–Kier alpha value is -1.69. The highest BCUT2D eigenvalue weighted by atomic mass is 32.1. The van der Waals surface area contributed by atoms with Gasteiger partial charge >= 0.3 is 0 Å². The van der Waals surface area contributed by atoms with Gasteiger partial charge in [-0.25, -0.2) is 15.0 Å². The summed E-state index contributed by atoms with van der Waals surface area (Å²) in [5, 5.41) is 6.60. The van der Waals surface area contributed by atoms with Gasteiger partial charge in [-0.2, -0.15) is 0 Å².